The van der Waals surface area contributed by atoms with E-state index in [1.807, 2.05) is 18.2 Å². The largest absolute Gasteiger partial charge is 0.399 e. The molecule has 1 atom stereocenters. The average Bonchev–Trinajstić information content (AvgIpc) is 2.75. The van der Waals surface area contributed by atoms with Crippen LogP contribution in [0.15, 0.2) is 40.2 Å². The number of hydrogen-bond acceptors (Lipinski definition) is 3. The van der Waals surface area contributed by atoms with Gasteiger partial charge in [0.15, 0.2) is 0 Å². The van der Waals surface area contributed by atoms with E-state index < -0.39 is 0 Å². The molecule has 4 heteroatoms. The fourth-order valence-corrected chi connectivity index (χ4v) is 3.04. The van der Waals surface area contributed by atoms with Gasteiger partial charge in [0, 0.05) is 33.2 Å². The quantitative estimate of drug-likeness (QED) is 0.833. The zero-order valence-corrected chi connectivity index (χ0v) is 12.0. The minimum atomic E-state index is 0.397. The summed E-state index contributed by atoms with van der Waals surface area (Å²) in [6.45, 7) is 2.18. The molecule has 0 aliphatic carbocycles. The Morgan fingerprint density at radius 1 is 1.41 bits per heavy atom. The second-order valence-corrected chi connectivity index (χ2v) is 5.95. The summed E-state index contributed by atoms with van der Waals surface area (Å²) >= 11 is 5.31. The van der Waals surface area contributed by atoms with Gasteiger partial charge in [-0.3, -0.25) is 0 Å². The number of nitrogens with two attached hydrogens (primary N) is 1. The van der Waals surface area contributed by atoms with E-state index in [4.69, 9.17) is 5.73 Å². The number of anilines is 2. The van der Waals surface area contributed by atoms with E-state index in [9.17, 15) is 0 Å². The molecular formula is C13H15BrN2S. The fraction of sp³-hybridized carbons (Fsp3) is 0.231. The number of hydrogen-bond donors (Lipinski definition) is 2. The number of nitrogen functional groups attached to an aromatic ring is 1. The van der Waals surface area contributed by atoms with Gasteiger partial charge in [0.1, 0.15) is 0 Å². The van der Waals surface area contributed by atoms with Gasteiger partial charge < -0.3 is 11.1 Å². The summed E-state index contributed by atoms with van der Waals surface area (Å²) in [7, 11) is 0. The van der Waals surface area contributed by atoms with Gasteiger partial charge in [-0.05, 0) is 52.5 Å². The summed E-state index contributed by atoms with van der Waals surface area (Å²) in [6.07, 6.45) is 1.04. The molecule has 1 aromatic carbocycles. The second-order valence-electron chi connectivity index (χ2n) is 4.07. The zero-order valence-electron chi connectivity index (χ0n) is 9.61. The Hall–Kier alpha value is -1.00. The Kier molecular flexibility index (Phi) is 4.07. The maximum absolute atomic E-state index is 5.71. The first kappa shape index (κ1) is 12.5. The summed E-state index contributed by atoms with van der Waals surface area (Å²) in [6, 6.07) is 10.5. The minimum Gasteiger partial charge on any atom is -0.399 e. The second kappa shape index (κ2) is 5.56. The lowest BCUT2D eigenvalue weighted by Gasteiger charge is -2.16. The topological polar surface area (TPSA) is 38.0 Å². The van der Waals surface area contributed by atoms with Crippen LogP contribution in [0.3, 0.4) is 0 Å². The van der Waals surface area contributed by atoms with Crippen LogP contribution >= 0.6 is 27.3 Å². The van der Waals surface area contributed by atoms with Crippen molar-refractivity contribution in [2.75, 3.05) is 11.1 Å². The third-order valence-corrected chi connectivity index (χ3v) is 4.04. The number of rotatable bonds is 4. The molecule has 0 aliphatic rings. The maximum Gasteiger partial charge on any atom is 0.0488 e. The molecule has 3 N–H and O–H groups in total. The lowest BCUT2D eigenvalue weighted by atomic mass is 10.2. The van der Waals surface area contributed by atoms with Crippen LogP contribution in [-0.2, 0) is 6.42 Å². The van der Waals surface area contributed by atoms with Crippen LogP contribution in [0.4, 0.5) is 11.4 Å². The SMILES string of the molecule is CC(Cc1cccs1)Nc1ccc(N)cc1Br. The first-order valence-corrected chi connectivity index (χ1v) is 7.16. The Morgan fingerprint density at radius 3 is 2.88 bits per heavy atom. The zero-order chi connectivity index (χ0) is 12.3. The molecule has 2 rings (SSSR count). The van der Waals surface area contributed by atoms with Crippen molar-refractivity contribution in [3.05, 3.63) is 45.1 Å². The standard InChI is InChI=1S/C13H15BrN2S/c1-9(7-11-3-2-6-17-11)16-13-5-4-10(15)8-12(13)14/h2-6,8-9,16H,7,15H2,1H3. The van der Waals surface area contributed by atoms with Crippen molar-refractivity contribution in [1.82, 2.24) is 0 Å². The number of thiophene rings is 1. The Bertz CT molecular complexity index is 482. The molecule has 1 unspecified atom stereocenters. The van der Waals surface area contributed by atoms with E-state index in [0.717, 1.165) is 22.3 Å². The molecule has 1 heterocycles. The molecule has 2 nitrogen and oxygen atoms in total. The molecule has 0 spiro atoms. The van der Waals surface area contributed by atoms with Crippen molar-refractivity contribution in [3.8, 4) is 0 Å². The van der Waals surface area contributed by atoms with E-state index in [1.165, 1.54) is 4.88 Å². The van der Waals surface area contributed by atoms with Gasteiger partial charge in [-0.1, -0.05) is 6.07 Å². The van der Waals surface area contributed by atoms with Crippen LogP contribution in [0.1, 0.15) is 11.8 Å². The van der Waals surface area contributed by atoms with E-state index in [1.54, 1.807) is 11.3 Å². The van der Waals surface area contributed by atoms with Crippen molar-refractivity contribution in [2.24, 2.45) is 0 Å². The van der Waals surface area contributed by atoms with Gasteiger partial charge >= 0.3 is 0 Å². The van der Waals surface area contributed by atoms with Crippen LogP contribution in [-0.4, -0.2) is 6.04 Å². The molecule has 0 amide bonds. The molecule has 0 bridgehead atoms. The van der Waals surface area contributed by atoms with Crippen molar-refractivity contribution in [2.45, 2.75) is 19.4 Å². The fourth-order valence-electron chi connectivity index (χ4n) is 1.70. The highest BCUT2D eigenvalue weighted by molar-refractivity contribution is 9.10. The first-order valence-electron chi connectivity index (χ1n) is 5.49. The van der Waals surface area contributed by atoms with Gasteiger partial charge in [-0.15, -0.1) is 11.3 Å². The van der Waals surface area contributed by atoms with Crippen LogP contribution < -0.4 is 11.1 Å². The van der Waals surface area contributed by atoms with E-state index in [0.29, 0.717) is 6.04 Å². The van der Waals surface area contributed by atoms with Gasteiger partial charge in [0.25, 0.3) is 0 Å². The molecule has 0 saturated carbocycles. The lowest BCUT2D eigenvalue weighted by Crippen LogP contribution is -2.17. The Labute approximate surface area is 114 Å². The molecular weight excluding hydrogens is 296 g/mol. The molecule has 1 aromatic heterocycles. The highest BCUT2D eigenvalue weighted by Gasteiger charge is 2.06. The van der Waals surface area contributed by atoms with Crippen molar-refractivity contribution >= 4 is 38.6 Å². The van der Waals surface area contributed by atoms with Gasteiger partial charge in [-0.2, -0.15) is 0 Å². The van der Waals surface area contributed by atoms with Crippen molar-refractivity contribution < 1.29 is 0 Å². The van der Waals surface area contributed by atoms with Crippen LogP contribution in [0, 0.1) is 0 Å². The number of nitrogens with one attached hydrogen (secondary N) is 1. The molecule has 17 heavy (non-hydrogen) atoms. The third kappa shape index (κ3) is 3.48. The van der Waals surface area contributed by atoms with Gasteiger partial charge in [-0.25, -0.2) is 0 Å². The molecule has 0 aliphatic heterocycles. The van der Waals surface area contributed by atoms with E-state index in [-0.39, 0.29) is 0 Å². The predicted octanol–water partition coefficient (Wildman–Crippen LogP) is 4.14. The summed E-state index contributed by atoms with van der Waals surface area (Å²) in [4.78, 5) is 1.40. The summed E-state index contributed by atoms with van der Waals surface area (Å²) in [5.74, 6) is 0. The maximum atomic E-state index is 5.71. The molecule has 0 saturated heterocycles. The predicted molar refractivity (Wildman–Crippen MR) is 79.7 cm³/mol. The normalized spacial score (nSPS) is 12.4. The molecule has 90 valence electrons. The first-order chi connectivity index (χ1) is 8.15. The third-order valence-electron chi connectivity index (χ3n) is 2.48. The highest BCUT2D eigenvalue weighted by atomic mass is 79.9. The van der Waals surface area contributed by atoms with Gasteiger partial charge in [0.05, 0.1) is 0 Å². The van der Waals surface area contributed by atoms with Crippen molar-refractivity contribution in [3.63, 3.8) is 0 Å². The number of halogens is 1. The van der Waals surface area contributed by atoms with Crippen LogP contribution in [0.25, 0.3) is 0 Å². The summed E-state index contributed by atoms with van der Waals surface area (Å²) in [5.41, 5.74) is 7.57. The summed E-state index contributed by atoms with van der Waals surface area (Å²) in [5, 5.41) is 5.59. The van der Waals surface area contributed by atoms with Gasteiger partial charge in [0.2, 0.25) is 0 Å². The molecule has 2 aromatic rings. The minimum absolute atomic E-state index is 0.397. The van der Waals surface area contributed by atoms with E-state index >= 15 is 0 Å². The number of benzene rings is 1. The van der Waals surface area contributed by atoms with Crippen molar-refractivity contribution in [1.29, 1.82) is 0 Å². The Morgan fingerprint density at radius 2 is 2.24 bits per heavy atom. The smallest absolute Gasteiger partial charge is 0.0488 e. The monoisotopic (exact) mass is 310 g/mol. The average molecular weight is 311 g/mol. The van der Waals surface area contributed by atoms with Crippen LogP contribution in [0.5, 0.6) is 0 Å². The summed E-state index contributed by atoms with van der Waals surface area (Å²) < 4.78 is 1.01. The van der Waals surface area contributed by atoms with Crippen LogP contribution in [0.2, 0.25) is 0 Å². The molecule has 0 fully saturated rings. The molecule has 0 radical (unpaired) electrons. The highest BCUT2D eigenvalue weighted by Crippen LogP contribution is 2.25. The van der Waals surface area contributed by atoms with E-state index in [2.05, 4.69) is 45.7 Å². The Balaban J connectivity index is 2.00. The lowest BCUT2D eigenvalue weighted by molar-refractivity contribution is 0.800.